The quantitative estimate of drug-likeness (QED) is 0.322. The Morgan fingerprint density at radius 2 is 2.00 bits per heavy atom. The number of benzene rings is 2. The molecule has 2 aromatic carbocycles. The monoisotopic (exact) mass is 481 g/mol. The molecule has 1 amide bonds. The number of nitriles is 1. The molecule has 0 radical (unpaired) electrons. The Bertz CT molecular complexity index is 1430. The molecule has 0 spiro atoms. The number of fused-ring (bicyclic) bond motifs is 2. The molecule has 0 saturated carbocycles. The van der Waals surface area contributed by atoms with E-state index in [1.165, 1.54) is 4.88 Å². The van der Waals surface area contributed by atoms with E-state index >= 15 is 0 Å². The van der Waals surface area contributed by atoms with Crippen molar-refractivity contribution >= 4 is 33.1 Å². The predicted molar refractivity (Wildman–Crippen MR) is 141 cm³/mol. The third kappa shape index (κ3) is 4.52. The lowest BCUT2D eigenvalue weighted by molar-refractivity contribution is 0.102. The second-order valence-corrected chi connectivity index (χ2v) is 9.93. The van der Waals surface area contributed by atoms with E-state index in [0.29, 0.717) is 34.3 Å². The molecule has 0 saturated heterocycles. The highest BCUT2D eigenvalue weighted by Gasteiger charge is 2.26. The number of thiophene rings is 1. The Morgan fingerprint density at radius 1 is 1.20 bits per heavy atom. The van der Waals surface area contributed by atoms with Crippen LogP contribution >= 0.6 is 11.3 Å². The SMILES string of the molecule is CCOc1ccc(-c2cc(C(=O)Nc3sc4c(c3C#N)CCC(CC)C4)c3ccccc3n2)cc1. The molecule has 2 aromatic heterocycles. The van der Waals surface area contributed by atoms with Gasteiger partial charge in [0.15, 0.2) is 0 Å². The van der Waals surface area contributed by atoms with E-state index in [1.807, 2.05) is 61.5 Å². The minimum absolute atomic E-state index is 0.224. The summed E-state index contributed by atoms with van der Waals surface area (Å²) in [7, 11) is 0. The minimum Gasteiger partial charge on any atom is -0.494 e. The van der Waals surface area contributed by atoms with E-state index in [0.717, 1.165) is 53.5 Å². The van der Waals surface area contributed by atoms with E-state index in [1.54, 1.807) is 11.3 Å². The molecule has 0 fully saturated rings. The number of anilines is 1. The van der Waals surface area contributed by atoms with Crippen LogP contribution in [0.2, 0.25) is 0 Å². The number of ether oxygens (including phenoxy) is 1. The molecular weight excluding hydrogens is 454 g/mol. The molecule has 1 unspecified atom stereocenters. The van der Waals surface area contributed by atoms with Crippen molar-refractivity contribution < 1.29 is 9.53 Å². The molecule has 0 bridgehead atoms. The summed E-state index contributed by atoms with van der Waals surface area (Å²) in [4.78, 5) is 19.6. The van der Waals surface area contributed by atoms with Gasteiger partial charge in [-0.15, -0.1) is 11.3 Å². The lowest BCUT2D eigenvalue weighted by Crippen LogP contribution is -2.13. The maximum atomic E-state index is 13.6. The van der Waals surface area contributed by atoms with E-state index in [4.69, 9.17) is 9.72 Å². The van der Waals surface area contributed by atoms with Gasteiger partial charge in [-0.3, -0.25) is 4.79 Å². The molecule has 1 N–H and O–H groups in total. The Labute approximate surface area is 209 Å². The highest BCUT2D eigenvalue weighted by molar-refractivity contribution is 7.16. The first-order valence-electron chi connectivity index (χ1n) is 12.1. The number of para-hydroxylation sites is 1. The van der Waals surface area contributed by atoms with Gasteiger partial charge >= 0.3 is 0 Å². The summed E-state index contributed by atoms with van der Waals surface area (Å²) in [5, 5.41) is 14.4. The average Bonchev–Trinajstić information content (AvgIpc) is 3.24. The van der Waals surface area contributed by atoms with Crippen LogP contribution in [0.4, 0.5) is 5.00 Å². The van der Waals surface area contributed by atoms with Crippen LogP contribution in [0, 0.1) is 17.2 Å². The molecule has 6 heteroatoms. The van der Waals surface area contributed by atoms with Gasteiger partial charge in [0.1, 0.15) is 16.8 Å². The van der Waals surface area contributed by atoms with Crippen molar-refractivity contribution in [3.05, 3.63) is 76.2 Å². The van der Waals surface area contributed by atoms with Crippen LogP contribution in [0.5, 0.6) is 5.75 Å². The van der Waals surface area contributed by atoms with E-state index in [2.05, 4.69) is 18.3 Å². The van der Waals surface area contributed by atoms with Crippen molar-refractivity contribution in [2.45, 2.75) is 39.5 Å². The molecular formula is C29H27N3O2S. The summed E-state index contributed by atoms with van der Waals surface area (Å²) in [6.45, 7) is 4.77. The van der Waals surface area contributed by atoms with Crippen LogP contribution < -0.4 is 10.1 Å². The fourth-order valence-electron chi connectivity index (χ4n) is 4.78. The van der Waals surface area contributed by atoms with Crippen molar-refractivity contribution in [2.75, 3.05) is 11.9 Å². The van der Waals surface area contributed by atoms with Gasteiger partial charge in [0, 0.05) is 15.8 Å². The van der Waals surface area contributed by atoms with Crippen LogP contribution in [0.25, 0.3) is 22.2 Å². The Kier molecular flexibility index (Phi) is 6.52. The van der Waals surface area contributed by atoms with Crippen LogP contribution in [0.3, 0.4) is 0 Å². The molecule has 5 rings (SSSR count). The zero-order valence-corrected chi connectivity index (χ0v) is 20.7. The number of amides is 1. The Balaban J connectivity index is 1.52. The van der Waals surface area contributed by atoms with E-state index < -0.39 is 0 Å². The first-order valence-corrected chi connectivity index (χ1v) is 12.9. The van der Waals surface area contributed by atoms with Gasteiger partial charge in [-0.25, -0.2) is 4.98 Å². The Hall–Kier alpha value is -3.69. The number of aromatic nitrogens is 1. The fourth-order valence-corrected chi connectivity index (χ4v) is 6.09. The van der Waals surface area contributed by atoms with Gasteiger partial charge in [-0.1, -0.05) is 31.5 Å². The lowest BCUT2D eigenvalue weighted by atomic mass is 9.86. The highest BCUT2D eigenvalue weighted by Crippen LogP contribution is 2.40. The van der Waals surface area contributed by atoms with Gasteiger partial charge in [0.05, 0.1) is 28.9 Å². The lowest BCUT2D eigenvalue weighted by Gasteiger charge is -2.20. The van der Waals surface area contributed by atoms with Gasteiger partial charge in [0.25, 0.3) is 5.91 Å². The van der Waals surface area contributed by atoms with Gasteiger partial charge in [0.2, 0.25) is 0 Å². The second-order valence-electron chi connectivity index (χ2n) is 8.82. The average molecular weight is 482 g/mol. The first-order chi connectivity index (χ1) is 17.1. The molecule has 1 aliphatic rings. The number of nitrogens with zero attached hydrogens (tertiary/aromatic N) is 2. The van der Waals surface area contributed by atoms with Gasteiger partial charge in [-0.05, 0) is 74.1 Å². The zero-order valence-electron chi connectivity index (χ0n) is 19.9. The van der Waals surface area contributed by atoms with E-state index in [-0.39, 0.29) is 5.91 Å². The summed E-state index contributed by atoms with van der Waals surface area (Å²) in [5.74, 6) is 1.22. The van der Waals surface area contributed by atoms with Gasteiger partial charge in [-0.2, -0.15) is 5.26 Å². The summed E-state index contributed by atoms with van der Waals surface area (Å²) in [6.07, 6.45) is 4.13. The normalized spacial score (nSPS) is 14.8. The third-order valence-corrected chi connectivity index (χ3v) is 7.88. The van der Waals surface area contributed by atoms with Crippen LogP contribution in [-0.4, -0.2) is 17.5 Å². The molecule has 5 nitrogen and oxygen atoms in total. The fraction of sp³-hybridized carbons (Fsp3) is 0.276. The topological polar surface area (TPSA) is 75.0 Å². The number of carbonyl (C=O) groups is 1. The van der Waals surface area contributed by atoms with Crippen LogP contribution in [0.1, 0.15) is 53.1 Å². The van der Waals surface area contributed by atoms with Crippen molar-refractivity contribution in [1.29, 1.82) is 5.26 Å². The zero-order chi connectivity index (χ0) is 24.4. The maximum absolute atomic E-state index is 13.6. The smallest absolute Gasteiger partial charge is 0.257 e. The second kappa shape index (κ2) is 9.89. The molecule has 176 valence electrons. The first kappa shape index (κ1) is 23.1. The third-order valence-electron chi connectivity index (χ3n) is 6.71. The number of rotatable bonds is 6. The largest absolute Gasteiger partial charge is 0.494 e. The summed E-state index contributed by atoms with van der Waals surface area (Å²) < 4.78 is 5.56. The van der Waals surface area contributed by atoms with Crippen molar-refractivity contribution in [2.24, 2.45) is 5.92 Å². The molecule has 35 heavy (non-hydrogen) atoms. The Morgan fingerprint density at radius 3 is 2.74 bits per heavy atom. The summed E-state index contributed by atoms with van der Waals surface area (Å²) >= 11 is 1.56. The van der Waals surface area contributed by atoms with Crippen molar-refractivity contribution in [3.8, 4) is 23.1 Å². The predicted octanol–water partition coefficient (Wildman–Crippen LogP) is 7.00. The van der Waals surface area contributed by atoms with Crippen LogP contribution in [0.15, 0.2) is 54.6 Å². The molecule has 1 atom stereocenters. The van der Waals surface area contributed by atoms with Crippen molar-refractivity contribution in [1.82, 2.24) is 4.98 Å². The van der Waals surface area contributed by atoms with Crippen LogP contribution in [-0.2, 0) is 12.8 Å². The van der Waals surface area contributed by atoms with Gasteiger partial charge < -0.3 is 10.1 Å². The number of carbonyl (C=O) groups excluding carboxylic acids is 1. The number of hydrogen-bond donors (Lipinski definition) is 1. The maximum Gasteiger partial charge on any atom is 0.257 e. The summed E-state index contributed by atoms with van der Waals surface area (Å²) in [6, 6.07) is 19.6. The molecule has 0 aliphatic heterocycles. The minimum atomic E-state index is -0.224. The van der Waals surface area contributed by atoms with E-state index in [9.17, 15) is 10.1 Å². The number of pyridine rings is 1. The standard InChI is InChI=1S/C29H27N3O2S/c1-3-18-9-14-22-24(17-30)29(35-27(22)15-18)32-28(33)23-16-26(31-25-8-6-5-7-21(23)25)19-10-12-20(13-11-19)34-4-2/h5-8,10-13,16,18H,3-4,9,14-15H2,1-2H3,(H,32,33). The molecule has 4 aromatic rings. The number of hydrogen-bond acceptors (Lipinski definition) is 5. The molecule has 1 aliphatic carbocycles. The summed E-state index contributed by atoms with van der Waals surface area (Å²) in [5.41, 5.74) is 4.66. The molecule has 2 heterocycles. The highest BCUT2D eigenvalue weighted by atomic mass is 32.1. The number of nitrogens with one attached hydrogen (secondary N) is 1. The van der Waals surface area contributed by atoms with Crippen molar-refractivity contribution in [3.63, 3.8) is 0 Å².